The molecule has 1 N–H and O–H groups in total. The molecule has 0 heterocycles. The lowest BCUT2D eigenvalue weighted by Crippen LogP contribution is -2.00. The van der Waals surface area contributed by atoms with E-state index in [-0.39, 0.29) is 0 Å². The van der Waals surface area contributed by atoms with E-state index in [0.29, 0.717) is 10.8 Å². The van der Waals surface area contributed by atoms with Gasteiger partial charge in [0, 0.05) is 11.1 Å². The van der Waals surface area contributed by atoms with Crippen LogP contribution >= 0.6 is 11.6 Å². The highest BCUT2D eigenvalue weighted by molar-refractivity contribution is 6.32. The molecule has 2 nitrogen and oxygen atoms in total. The second-order valence-electron chi connectivity index (χ2n) is 3.43. The van der Waals surface area contributed by atoms with Crippen molar-refractivity contribution in [2.45, 2.75) is 26.9 Å². The monoisotopic (exact) mass is 214 g/mol. The predicted molar refractivity (Wildman–Crippen MR) is 58.1 cm³/mol. The quantitative estimate of drug-likeness (QED) is 0.820. The van der Waals surface area contributed by atoms with Gasteiger partial charge in [-0.05, 0) is 32.4 Å². The second kappa shape index (κ2) is 4.20. The summed E-state index contributed by atoms with van der Waals surface area (Å²) in [5, 5.41) is 10.3. The van der Waals surface area contributed by atoms with Crippen LogP contribution in [0.5, 0.6) is 5.75 Å². The standard InChI is InChI=1S/C11H15ClO2/c1-6-5-9(8(3)13)11(14-4)7(2)10(6)12/h5,8,13H,1-4H3. The lowest BCUT2D eigenvalue weighted by atomic mass is 10.0. The van der Waals surface area contributed by atoms with Crippen molar-refractivity contribution in [2.24, 2.45) is 0 Å². The summed E-state index contributed by atoms with van der Waals surface area (Å²) in [6.45, 7) is 5.52. The molecule has 1 atom stereocenters. The number of rotatable bonds is 2. The van der Waals surface area contributed by atoms with Crippen molar-refractivity contribution >= 4 is 11.6 Å². The number of aryl methyl sites for hydroxylation is 1. The number of methoxy groups -OCH3 is 1. The lowest BCUT2D eigenvalue weighted by Gasteiger charge is -2.16. The molecule has 1 rings (SSSR count). The van der Waals surface area contributed by atoms with Crippen molar-refractivity contribution < 1.29 is 9.84 Å². The Morgan fingerprint density at radius 3 is 2.43 bits per heavy atom. The van der Waals surface area contributed by atoms with Gasteiger partial charge in [-0.3, -0.25) is 0 Å². The van der Waals surface area contributed by atoms with Crippen molar-refractivity contribution in [3.05, 3.63) is 27.8 Å². The van der Waals surface area contributed by atoms with E-state index in [9.17, 15) is 5.11 Å². The van der Waals surface area contributed by atoms with Crippen molar-refractivity contribution in [3.8, 4) is 5.75 Å². The SMILES string of the molecule is COc1c(C(C)O)cc(C)c(Cl)c1C. The molecule has 0 amide bonds. The third kappa shape index (κ3) is 1.86. The molecule has 14 heavy (non-hydrogen) atoms. The highest BCUT2D eigenvalue weighted by atomic mass is 35.5. The number of hydrogen-bond acceptors (Lipinski definition) is 2. The van der Waals surface area contributed by atoms with Crippen molar-refractivity contribution in [1.82, 2.24) is 0 Å². The van der Waals surface area contributed by atoms with E-state index < -0.39 is 6.10 Å². The smallest absolute Gasteiger partial charge is 0.129 e. The van der Waals surface area contributed by atoms with Crippen LogP contribution < -0.4 is 4.74 Å². The number of aliphatic hydroxyl groups excluding tert-OH is 1. The first-order valence-electron chi connectivity index (χ1n) is 4.50. The largest absolute Gasteiger partial charge is 0.496 e. The van der Waals surface area contributed by atoms with E-state index in [1.807, 2.05) is 19.9 Å². The molecule has 0 aliphatic carbocycles. The van der Waals surface area contributed by atoms with Crippen LogP contribution in [0.4, 0.5) is 0 Å². The summed E-state index contributed by atoms with van der Waals surface area (Å²) in [6, 6.07) is 1.86. The molecule has 0 aromatic heterocycles. The minimum Gasteiger partial charge on any atom is -0.496 e. The molecular formula is C11H15ClO2. The summed E-state index contributed by atoms with van der Waals surface area (Å²) in [4.78, 5) is 0. The Hall–Kier alpha value is -0.730. The molecule has 0 radical (unpaired) electrons. The van der Waals surface area contributed by atoms with E-state index in [1.54, 1.807) is 14.0 Å². The molecule has 1 aromatic rings. The zero-order chi connectivity index (χ0) is 10.9. The molecule has 0 spiro atoms. The van der Waals surface area contributed by atoms with Crippen LogP contribution in [0, 0.1) is 13.8 Å². The fourth-order valence-electron chi connectivity index (χ4n) is 1.56. The molecule has 3 heteroatoms. The molecule has 1 unspecified atom stereocenters. The molecule has 0 fully saturated rings. The average molecular weight is 215 g/mol. The van der Waals surface area contributed by atoms with Gasteiger partial charge in [-0.15, -0.1) is 0 Å². The summed E-state index contributed by atoms with van der Waals surface area (Å²) in [6.07, 6.45) is -0.542. The van der Waals surface area contributed by atoms with Gasteiger partial charge in [-0.2, -0.15) is 0 Å². The summed E-state index contributed by atoms with van der Waals surface area (Å²) in [5.41, 5.74) is 2.62. The Balaban J connectivity index is 3.43. The highest BCUT2D eigenvalue weighted by Crippen LogP contribution is 2.35. The number of aliphatic hydroxyl groups is 1. The molecule has 1 aromatic carbocycles. The normalized spacial score (nSPS) is 12.7. The van der Waals surface area contributed by atoms with E-state index in [4.69, 9.17) is 16.3 Å². The number of benzene rings is 1. The third-order valence-electron chi connectivity index (χ3n) is 2.30. The Labute approximate surface area is 89.5 Å². The van der Waals surface area contributed by atoms with E-state index >= 15 is 0 Å². The number of halogens is 1. The highest BCUT2D eigenvalue weighted by Gasteiger charge is 2.15. The number of ether oxygens (including phenoxy) is 1. The van der Waals surface area contributed by atoms with Gasteiger partial charge in [0.25, 0.3) is 0 Å². The van der Waals surface area contributed by atoms with Crippen molar-refractivity contribution in [3.63, 3.8) is 0 Å². The summed E-state index contributed by atoms with van der Waals surface area (Å²) in [7, 11) is 1.58. The fraction of sp³-hybridized carbons (Fsp3) is 0.455. The Morgan fingerprint density at radius 2 is 2.00 bits per heavy atom. The maximum absolute atomic E-state index is 9.55. The molecule has 0 saturated heterocycles. The van der Waals surface area contributed by atoms with Crippen LogP contribution in [0.15, 0.2) is 6.07 Å². The Kier molecular flexibility index (Phi) is 3.40. The Bertz CT molecular complexity index is 346. The molecule has 0 aliphatic rings. The van der Waals surface area contributed by atoms with E-state index in [2.05, 4.69) is 0 Å². The van der Waals surface area contributed by atoms with Gasteiger partial charge < -0.3 is 9.84 Å². The lowest BCUT2D eigenvalue weighted by molar-refractivity contribution is 0.194. The molecule has 78 valence electrons. The summed E-state index contributed by atoms with van der Waals surface area (Å²) in [5.74, 6) is 0.676. The van der Waals surface area contributed by atoms with Gasteiger partial charge in [0.05, 0.1) is 18.2 Å². The first-order chi connectivity index (χ1) is 6.49. The van der Waals surface area contributed by atoms with E-state index in [1.165, 1.54) is 0 Å². The maximum Gasteiger partial charge on any atom is 0.129 e. The average Bonchev–Trinajstić information content (AvgIpc) is 2.13. The van der Waals surface area contributed by atoms with Crippen LogP contribution in [0.1, 0.15) is 29.7 Å². The molecule has 0 aliphatic heterocycles. The zero-order valence-electron chi connectivity index (χ0n) is 8.89. The zero-order valence-corrected chi connectivity index (χ0v) is 9.64. The van der Waals surface area contributed by atoms with Crippen LogP contribution in [0.3, 0.4) is 0 Å². The van der Waals surface area contributed by atoms with Crippen molar-refractivity contribution in [1.29, 1.82) is 0 Å². The fourth-order valence-corrected chi connectivity index (χ4v) is 1.70. The van der Waals surface area contributed by atoms with Crippen molar-refractivity contribution in [2.75, 3.05) is 7.11 Å². The topological polar surface area (TPSA) is 29.5 Å². The first-order valence-corrected chi connectivity index (χ1v) is 4.88. The summed E-state index contributed by atoms with van der Waals surface area (Å²) >= 11 is 6.08. The molecule has 0 saturated carbocycles. The van der Waals surface area contributed by atoms with Gasteiger partial charge >= 0.3 is 0 Å². The number of hydrogen-bond donors (Lipinski definition) is 1. The van der Waals surface area contributed by atoms with Crippen LogP contribution in [0.2, 0.25) is 5.02 Å². The minimum atomic E-state index is -0.542. The second-order valence-corrected chi connectivity index (χ2v) is 3.81. The van der Waals surface area contributed by atoms with E-state index in [0.717, 1.165) is 16.7 Å². The van der Waals surface area contributed by atoms with Crippen LogP contribution in [-0.2, 0) is 0 Å². The predicted octanol–water partition coefficient (Wildman–Crippen LogP) is 3.02. The third-order valence-corrected chi connectivity index (χ3v) is 2.89. The molecule has 0 bridgehead atoms. The van der Waals surface area contributed by atoms with Crippen LogP contribution in [0.25, 0.3) is 0 Å². The molecular weight excluding hydrogens is 200 g/mol. The summed E-state index contributed by atoms with van der Waals surface area (Å²) < 4.78 is 5.23. The van der Waals surface area contributed by atoms with Crippen LogP contribution in [-0.4, -0.2) is 12.2 Å². The van der Waals surface area contributed by atoms with Gasteiger partial charge in [0.1, 0.15) is 5.75 Å². The maximum atomic E-state index is 9.55. The van der Waals surface area contributed by atoms with Gasteiger partial charge in [0.15, 0.2) is 0 Å². The first kappa shape index (κ1) is 11.3. The minimum absolute atomic E-state index is 0.542. The van der Waals surface area contributed by atoms with Gasteiger partial charge in [0.2, 0.25) is 0 Å². The van der Waals surface area contributed by atoms with Gasteiger partial charge in [-0.1, -0.05) is 11.6 Å². The Morgan fingerprint density at radius 1 is 1.43 bits per heavy atom. The van der Waals surface area contributed by atoms with Gasteiger partial charge in [-0.25, -0.2) is 0 Å².